The lowest BCUT2D eigenvalue weighted by molar-refractivity contribution is 0.198. The minimum Gasteiger partial charge on any atom is -0.0877 e. The van der Waals surface area contributed by atoms with E-state index in [-0.39, 0.29) is 0 Å². The lowest BCUT2D eigenvalue weighted by Gasteiger charge is -2.33. The van der Waals surface area contributed by atoms with E-state index in [1.54, 1.807) is 0 Å². The van der Waals surface area contributed by atoms with Crippen molar-refractivity contribution >= 4 is 0 Å². The Morgan fingerprint density at radius 1 is 1.20 bits per heavy atom. The van der Waals surface area contributed by atoms with Crippen molar-refractivity contribution in [3.05, 3.63) is 24.3 Å². The number of hydrogen-bond donors (Lipinski definition) is 0. The zero-order valence-corrected chi connectivity index (χ0v) is 10.6. The van der Waals surface area contributed by atoms with E-state index < -0.39 is 0 Å². The van der Waals surface area contributed by atoms with Crippen molar-refractivity contribution < 1.29 is 0 Å². The zero-order valence-electron chi connectivity index (χ0n) is 10.6. The SMILES string of the molecule is C/C=C\C=C/C(CC)C1CCCCC1C. The molecule has 1 saturated carbocycles. The molecule has 1 aliphatic rings. The van der Waals surface area contributed by atoms with Crippen LogP contribution in [0.15, 0.2) is 24.3 Å². The summed E-state index contributed by atoms with van der Waals surface area (Å²) in [6.07, 6.45) is 16.0. The molecule has 3 unspecified atom stereocenters. The van der Waals surface area contributed by atoms with Gasteiger partial charge in [0, 0.05) is 0 Å². The number of allylic oxidation sites excluding steroid dienone is 4. The molecule has 0 aromatic carbocycles. The molecule has 1 rings (SSSR count). The Hall–Kier alpha value is -0.520. The molecule has 86 valence electrons. The van der Waals surface area contributed by atoms with Crippen LogP contribution in [-0.4, -0.2) is 0 Å². The molecule has 0 bridgehead atoms. The van der Waals surface area contributed by atoms with Gasteiger partial charge in [0.1, 0.15) is 0 Å². The minimum atomic E-state index is 0.802. The molecule has 0 N–H and O–H groups in total. The largest absolute Gasteiger partial charge is 0.0877 e. The van der Waals surface area contributed by atoms with Crippen LogP contribution in [0, 0.1) is 17.8 Å². The Morgan fingerprint density at radius 3 is 2.53 bits per heavy atom. The van der Waals surface area contributed by atoms with E-state index in [4.69, 9.17) is 0 Å². The van der Waals surface area contributed by atoms with Gasteiger partial charge in [0.05, 0.1) is 0 Å². The van der Waals surface area contributed by atoms with Gasteiger partial charge in [0.25, 0.3) is 0 Å². The van der Waals surface area contributed by atoms with Crippen molar-refractivity contribution in [3.8, 4) is 0 Å². The maximum Gasteiger partial charge on any atom is -0.0202 e. The van der Waals surface area contributed by atoms with E-state index in [2.05, 4.69) is 45.1 Å². The summed E-state index contributed by atoms with van der Waals surface area (Å²) in [6.45, 7) is 6.84. The maximum absolute atomic E-state index is 2.44. The fraction of sp³-hybridized carbons (Fsp3) is 0.733. The molecule has 1 fully saturated rings. The highest BCUT2D eigenvalue weighted by Gasteiger charge is 2.26. The Labute approximate surface area is 95.5 Å². The first-order valence-corrected chi connectivity index (χ1v) is 6.59. The first-order valence-electron chi connectivity index (χ1n) is 6.59. The highest BCUT2D eigenvalue weighted by atomic mass is 14.3. The molecule has 15 heavy (non-hydrogen) atoms. The second-order valence-corrected chi connectivity index (χ2v) is 4.91. The van der Waals surface area contributed by atoms with Gasteiger partial charge in [0.2, 0.25) is 0 Å². The van der Waals surface area contributed by atoms with Gasteiger partial charge in [-0.25, -0.2) is 0 Å². The van der Waals surface area contributed by atoms with Crippen molar-refractivity contribution in [2.24, 2.45) is 17.8 Å². The van der Waals surface area contributed by atoms with E-state index in [0.717, 1.165) is 17.8 Å². The minimum absolute atomic E-state index is 0.802. The fourth-order valence-electron chi connectivity index (χ4n) is 2.88. The first-order chi connectivity index (χ1) is 7.29. The van der Waals surface area contributed by atoms with E-state index in [0.29, 0.717) is 0 Å². The molecule has 0 nitrogen and oxygen atoms in total. The average Bonchev–Trinajstić information content (AvgIpc) is 2.26. The Kier molecular flexibility index (Phi) is 5.75. The number of hydrogen-bond acceptors (Lipinski definition) is 0. The summed E-state index contributed by atoms with van der Waals surface area (Å²) in [7, 11) is 0. The maximum atomic E-state index is 2.44. The lowest BCUT2D eigenvalue weighted by Crippen LogP contribution is -2.23. The van der Waals surface area contributed by atoms with Crippen LogP contribution in [0.3, 0.4) is 0 Å². The highest BCUT2D eigenvalue weighted by Crippen LogP contribution is 2.36. The molecule has 1 aliphatic carbocycles. The molecule has 0 radical (unpaired) electrons. The van der Waals surface area contributed by atoms with Crippen LogP contribution in [0.25, 0.3) is 0 Å². The highest BCUT2D eigenvalue weighted by molar-refractivity contribution is 5.04. The summed E-state index contributed by atoms with van der Waals surface area (Å²) < 4.78 is 0. The van der Waals surface area contributed by atoms with E-state index in [9.17, 15) is 0 Å². The molecule has 0 aromatic rings. The fourth-order valence-corrected chi connectivity index (χ4v) is 2.88. The molecule has 0 heterocycles. The summed E-state index contributed by atoms with van der Waals surface area (Å²) in [5.74, 6) is 2.67. The first kappa shape index (κ1) is 12.5. The molecule has 0 amide bonds. The second-order valence-electron chi connectivity index (χ2n) is 4.91. The van der Waals surface area contributed by atoms with Crippen LogP contribution in [0.1, 0.15) is 52.9 Å². The predicted octanol–water partition coefficient (Wildman–Crippen LogP) is 4.97. The van der Waals surface area contributed by atoms with Crippen LogP contribution in [0.5, 0.6) is 0 Å². The van der Waals surface area contributed by atoms with Crippen LogP contribution in [0.2, 0.25) is 0 Å². The third-order valence-corrected chi connectivity index (χ3v) is 3.86. The monoisotopic (exact) mass is 206 g/mol. The van der Waals surface area contributed by atoms with Crippen molar-refractivity contribution in [1.29, 1.82) is 0 Å². The molecule has 0 aliphatic heterocycles. The van der Waals surface area contributed by atoms with Gasteiger partial charge in [-0.3, -0.25) is 0 Å². The smallest absolute Gasteiger partial charge is 0.0202 e. The van der Waals surface area contributed by atoms with Crippen LogP contribution >= 0.6 is 0 Å². The normalized spacial score (nSPS) is 30.1. The van der Waals surface area contributed by atoms with E-state index in [1.807, 2.05) is 0 Å². The predicted molar refractivity (Wildman–Crippen MR) is 68.9 cm³/mol. The molecule has 0 saturated heterocycles. The molecule has 3 atom stereocenters. The van der Waals surface area contributed by atoms with Gasteiger partial charge in [-0.05, 0) is 37.5 Å². The van der Waals surface area contributed by atoms with Crippen molar-refractivity contribution in [1.82, 2.24) is 0 Å². The Morgan fingerprint density at radius 2 is 1.93 bits per heavy atom. The van der Waals surface area contributed by atoms with Crippen molar-refractivity contribution in [2.75, 3.05) is 0 Å². The molecule has 0 heteroatoms. The van der Waals surface area contributed by atoms with Gasteiger partial charge in [-0.2, -0.15) is 0 Å². The summed E-state index contributed by atoms with van der Waals surface area (Å²) >= 11 is 0. The van der Waals surface area contributed by atoms with Gasteiger partial charge in [-0.1, -0.05) is 57.4 Å². The summed E-state index contributed by atoms with van der Waals surface area (Å²) in [5, 5.41) is 0. The van der Waals surface area contributed by atoms with E-state index in [1.165, 1.54) is 32.1 Å². The zero-order chi connectivity index (χ0) is 11.1. The van der Waals surface area contributed by atoms with Gasteiger partial charge in [-0.15, -0.1) is 0 Å². The topological polar surface area (TPSA) is 0 Å². The standard InChI is InChI=1S/C15H26/c1-4-6-7-11-14(5-2)15-12-9-8-10-13(15)3/h4,6-7,11,13-15H,5,8-10,12H2,1-3H3/b6-4-,11-7-. The summed E-state index contributed by atoms with van der Waals surface area (Å²) in [4.78, 5) is 0. The van der Waals surface area contributed by atoms with Crippen molar-refractivity contribution in [2.45, 2.75) is 52.9 Å². The van der Waals surface area contributed by atoms with Crippen LogP contribution in [0.4, 0.5) is 0 Å². The Bertz CT molecular complexity index is 212. The van der Waals surface area contributed by atoms with Crippen molar-refractivity contribution in [3.63, 3.8) is 0 Å². The quantitative estimate of drug-likeness (QED) is 0.570. The summed E-state index contributed by atoms with van der Waals surface area (Å²) in [6, 6.07) is 0. The Balaban J connectivity index is 2.55. The van der Waals surface area contributed by atoms with Gasteiger partial charge >= 0.3 is 0 Å². The molecular formula is C15H26. The molecular weight excluding hydrogens is 180 g/mol. The third kappa shape index (κ3) is 3.85. The van der Waals surface area contributed by atoms with Gasteiger partial charge < -0.3 is 0 Å². The van der Waals surface area contributed by atoms with Crippen LogP contribution < -0.4 is 0 Å². The van der Waals surface area contributed by atoms with E-state index >= 15 is 0 Å². The second kappa shape index (κ2) is 6.87. The third-order valence-electron chi connectivity index (χ3n) is 3.86. The summed E-state index contributed by atoms with van der Waals surface area (Å²) in [5.41, 5.74) is 0. The number of rotatable bonds is 4. The molecule has 0 aromatic heterocycles. The average molecular weight is 206 g/mol. The molecule has 0 spiro atoms. The van der Waals surface area contributed by atoms with Crippen LogP contribution in [-0.2, 0) is 0 Å². The van der Waals surface area contributed by atoms with Gasteiger partial charge in [0.15, 0.2) is 0 Å². The lowest BCUT2D eigenvalue weighted by atomic mass is 9.72.